The molecule has 0 saturated heterocycles. The van der Waals surface area contributed by atoms with Gasteiger partial charge in [-0.1, -0.05) is 0 Å². The SMILES string of the molecule is COc1ccc(OC)c(NC(=O)COC(=O)c2cncn2-c2ccc(F)cc2)c1. The average Bonchev–Trinajstić information content (AvgIpc) is 3.22. The van der Waals surface area contributed by atoms with Crippen LogP contribution in [-0.2, 0) is 9.53 Å². The quantitative estimate of drug-likeness (QED) is 0.615. The maximum Gasteiger partial charge on any atom is 0.357 e. The van der Waals surface area contributed by atoms with E-state index in [4.69, 9.17) is 14.2 Å². The molecule has 1 amide bonds. The fourth-order valence-corrected chi connectivity index (χ4v) is 2.56. The third-order valence-electron chi connectivity index (χ3n) is 3.97. The zero-order valence-electron chi connectivity index (χ0n) is 15.7. The number of nitrogens with zero attached hydrogens (tertiary/aromatic N) is 2. The monoisotopic (exact) mass is 399 g/mol. The smallest absolute Gasteiger partial charge is 0.357 e. The van der Waals surface area contributed by atoms with Gasteiger partial charge in [-0.2, -0.15) is 0 Å². The lowest BCUT2D eigenvalue weighted by Crippen LogP contribution is -2.22. The van der Waals surface area contributed by atoms with Gasteiger partial charge in [-0.3, -0.25) is 9.36 Å². The summed E-state index contributed by atoms with van der Waals surface area (Å²) >= 11 is 0. The molecule has 0 aliphatic rings. The minimum Gasteiger partial charge on any atom is -0.497 e. The number of esters is 1. The minimum atomic E-state index is -0.750. The Morgan fingerprint density at radius 2 is 1.86 bits per heavy atom. The van der Waals surface area contributed by atoms with Crippen LogP contribution in [0.3, 0.4) is 0 Å². The number of carbonyl (C=O) groups is 2. The van der Waals surface area contributed by atoms with Crippen LogP contribution in [0, 0.1) is 5.82 Å². The number of carbonyl (C=O) groups excluding carboxylic acids is 2. The van der Waals surface area contributed by atoms with Crippen molar-refractivity contribution in [2.75, 3.05) is 26.1 Å². The predicted molar refractivity (Wildman–Crippen MR) is 102 cm³/mol. The molecule has 0 radical (unpaired) electrons. The summed E-state index contributed by atoms with van der Waals surface area (Å²) in [6, 6.07) is 10.4. The van der Waals surface area contributed by atoms with Crippen molar-refractivity contribution in [2.24, 2.45) is 0 Å². The third kappa shape index (κ3) is 4.70. The van der Waals surface area contributed by atoms with Crippen LogP contribution in [0.1, 0.15) is 10.5 Å². The van der Waals surface area contributed by atoms with Gasteiger partial charge in [0.05, 0.1) is 32.4 Å². The van der Waals surface area contributed by atoms with Crippen molar-refractivity contribution in [3.63, 3.8) is 0 Å². The van der Waals surface area contributed by atoms with Crippen molar-refractivity contribution in [1.29, 1.82) is 0 Å². The number of anilines is 1. The van der Waals surface area contributed by atoms with Crippen molar-refractivity contribution in [2.45, 2.75) is 0 Å². The number of nitrogens with one attached hydrogen (secondary N) is 1. The molecule has 3 aromatic rings. The van der Waals surface area contributed by atoms with Crippen LogP contribution in [0.25, 0.3) is 5.69 Å². The first-order valence-electron chi connectivity index (χ1n) is 8.49. The van der Waals surface area contributed by atoms with Crippen LogP contribution in [0.15, 0.2) is 55.0 Å². The van der Waals surface area contributed by atoms with E-state index >= 15 is 0 Å². The lowest BCUT2D eigenvalue weighted by Gasteiger charge is -2.12. The van der Waals surface area contributed by atoms with E-state index in [2.05, 4.69) is 10.3 Å². The van der Waals surface area contributed by atoms with Crippen molar-refractivity contribution in [3.8, 4) is 17.2 Å². The Balaban J connectivity index is 1.65. The fraction of sp³-hybridized carbons (Fsp3) is 0.150. The molecule has 9 heteroatoms. The molecule has 0 bridgehead atoms. The number of amides is 1. The zero-order valence-corrected chi connectivity index (χ0v) is 15.7. The Morgan fingerprint density at radius 3 is 2.55 bits per heavy atom. The van der Waals surface area contributed by atoms with Crippen LogP contribution in [-0.4, -0.2) is 42.3 Å². The number of hydrogen-bond donors (Lipinski definition) is 1. The Labute approximate surface area is 165 Å². The van der Waals surface area contributed by atoms with Crippen LogP contribution in [0.4, 0.5) is 10.1 Å². The van der Waals surface area contributed by atoms with E-state index < -0.39 is 24.3 Å². The molecule has 0 fully saturated rings. The van der Waals surface area contributed by atoms with Gasteiger partial charge in [0, 0.05) is 11.8 Å². The molecule has 2 aromatic carbocycles. The highest BCUT2D eigenvalue weighted by Crippen LogP contribution is 2.28. The van der Waals surface area contributed by atoms with E-state index in [-0.39, 0.29) is 5.69 Å². The number of aromatic nitrogens is 2. The largest absolute Gasteiger partial charge is 0.497 e. The first-order chi connectivity index (χ1) is 14.0. The van der Waals surface area contributed by atoms with E-state index in [1.807, 2.05) is 0 Å². The average molecular weight is 399 g/mol. The Morgan fingerprint density at radius 1 is 1.10 bits per heavy atom. The Kier molecular flexibility index (Phi) is 6.08. The van der Waals surface area contributed by atoms with Crippen LogP contribution in [0.5, 0.6) is 11.5 Å². The van der Waals surface area contributed by atoms with E-state index in [1.165, 1.54) is 55.6 Å². The topological polar surface area (TPSA) is 91.7 Å². The summed E-state index contributed by atoms with van der Waals surface area (Å²) in [6.45, 7) is -0.520. The van der Waals surface area contributed by atoms with Gasteiger partial charge in [-0.15, -0.1) is 0 Å². The number of benzene rings is 2. The molecular weight excluding hydrogens is 381 g/mol. The van der Waals surface area contributed by atoms with E-state index in [0.29, 0.717) is 22.9 Å². The van der Waals surface area contributed by atoms with Gasteiger partial charge in [0.25, 0.3) is 5.91 Å². The first kappa shape index (κ1) is 19.9. The Bertz CT molecular complexity index is 1020. The molecule has 29 heavy (non-hydrogen) atoms. The van der Waals surface area contributed by atoms with E-state index in [9.17, 15) is 14.0 Å². The summed E-state index contributed by atoms with van der Waals surface area (Å²) in [5.74, 6) is -0.749. The summed E-state index contributed by atoms with van der Waals surface area (Å²) in [5.41, 5.74) is 1.01. The molecule has 1 aromatic heterocycles. The second kappa shape index (κ2) is 8.87. The standard InChI is InChI=1S/C20H18FN3O5/c1-27-15-7-8-18(28-2)16(9-15)23-19(25)11-29-20(26)17-10-22-12-24(17)14-5-3-13(21)4-6-14/h3-10,12H,11H2,1-2H3,(H,23,25). The third-order valence-corrected chi connectivity index (χ3v) is 3.97. The maximum absolute atomic E-state index is 13.1. The van der Waals surface area contributed by atoms with Gasteiger partial charge in [-0.25, -0.2) is 14.2 Å². The van der Waals surface area contributed by atoms with Gasteiger partial charge >= 0.3 is 5.97 Å². The molecule has 3 rings (SSSR count). The molecule has 0 saturated carbocycles. The molecule has 0 unspecified atom stereocenters. The molecule has 0 spiro atoms. The van der Waals surface area contributed by atoms with Crippen molar-refractivity contribution in [3.05, 3.63) is 66.5 Å². The van der Waals surface area contributed by atoms with Crippen molar-refractivity contribution >= 4 is 17.6 Å². The van der Waals surface area contributed by atoms with Gasteiger partial charge in [0.15, 0.2) is 12.3 Å². The van der Waals surface area contributed by atoms with Gasteiger partial charge < -0.3 is 19.5 Å². The van der Waals surface area contributed by atoms with Gasteiger partial charge in [0.1, 0.15) is 17.3 Å². The van der Waals surface area contributed by atoms with Gasteiger partial charge in [-0.05, 0) is 36.4 Å². The summed E-state index contributed by atoms with van der Waals surface area (Å²) < 4.78 is 29.9. The lowest BCUT2D eigenvalue weighted by molar-refractivity contribution is -0.119. The fourth-order valence-electron chi connectivity index (χ4n) is 2.56. The zero-order chi connectivity index (χ0) is 20.8. The normalized spacial score (nSPS) is 10.3. The molecule has 150 valence electrons. The number of methoxy groups -OCH3 is 2. The van der Waals surface area contributed by atoms with Crippen molar-refractivity contribution in [1.82, 2.24) is 9.55 Å². The van der Waals surface area contributed by atoms with Crippen molar-refractivity contribution < 1.29 is 28.2 Å². The Hall–Kier alpha value is -3.88. The summed E-state index contributed by atoms with van der Waals surface area (Å²) in [6.07, 6.45) is 2.69. The second-order valence-electron chi connectivity index (χ2n) is 5.82. The highest BCUT2D eigenvalue weighted by molar-refractivity contribution is 5.96. The van der Waals surface area contributed by atoms with Crippen LogP contribution < -0.4 is 14.8 Å². The van der Waals surface area contributed by atoms with E-state index in [1.54, 1.807) is 18.2 Å². The second-order valence-corrected chi connectivity index (χ2v) is 5.82. The number of ether oxygens (including phenoxy) is 3. The highest BCUT2D eigenvalue weighted by atomic mass is 19.1. The van der Waals surface area contributed by atoms with Gasteiger partial charge in [0.2, 0.25) is 0 Å². The number of imidazole rings is 1. The number of halogens is 1. The summed E-state index contributed by atoms with van der Waals surface area (Å²) in [4.78, 5) is 28.5. The van der Waals surface area contributed by atoms with Crippen LogP contribution in [0.2, 0.25) is 0 Å². The summed E-state index contributed by atoms with van der Waals surface area (Å²) in [7, 11) is 2.97. The molecule has 1 N–H and O–H groups in total. The highest BCUT2D eigenvalue weighted by Gasteiger charge is 2.17. The summed E-state index contributed by atoms with van der Waals surface area (Å²) in [5, 5.41) is 2.60. The molecule has 0 aliphatic heterocycles. The number of rotatable bonds is 7. The lowest BCUT2D eigenvalue weighted by atomic mass is 10.2. The molecule has 1 heterocycles. The van der Waals surface area contributed by atoms with E-state index in [0.717, 1.165) is 0 Å². The first-order valence-corrected chi connectivity index (χ1v) is 8.49. The van der Waals surface area contributed by atoms with Crippen LogP contribution >= 0.6 is 0 Å². The number of hydrogen-bond acceptors (Lipinski definition) is 6. The molecule has 0 aliphatic carbocycles. The molecule has 8 nitrogen and oxygen atoms in total. The predicted octanol–water partition coefficient (Wildman–Crippen LogP) is 2.82. The molecule has 0 atom stereocenters. The minimum absolute atomic E-state index is 0.100. The molecular formula is C20H18FN3O5. The maximum atomic E-state index is 13.1.